The lowest BCUT2D eigenvalue weighted by Gasteiger charge is -2.34. The lowest BCUT2D eigenvalue weighted by Crippen LogP contribution is -2.54. The Balaban J connectivity index is 1.62. The van der Waals surface area contributed by atoms with Crippen LogP contribution < -0.4 is 4.90 Å². The second-order valence-electron chi connectivity index (χ2n) is 6.68. The van der Waals surface area contributed by atoms with Crippen LogP contribution in [0.3, 0.4) is 0 Å². The molecule has 2 aromatic rings. The number of benzene rings is 1. The molecule has 0 aliphatic carbocycles. The average Bonchev–Trinajstić information content (AvgIpc) is 3.22. The zero-order valence-corrected chi connectivity index (χ0v) is 14.3. The molecular formula is C18H20N4O4. The molecule has 4 rings (SSSR count). The number of nitrogens with zero attached hydrogens (tertiary/aromatic N) is 4. The first kappa shape index (κ1) is 16.7. The smallest absolute Gasteiger partial charge is 0.333 e. The van der Waals surface area contributed by atoms with E-state index in [0.29, 0.717) is 0 Å². The van der Waals surface area contributed by atoms with E-state index in [2.05, 4.69) is 5.10 Å². The third kappa shape index (κ3) is 2.49. The lowest BCUT2D eigenvalue weighted by atomic mass is 9.97. The largest absolute Gasteiger partial charge is 0.390 e. The van der Waals surface area contributed by atoms with E-state index in [-0.39, 0.29) is 24.8 Å². The van der Waals surface area contributed by atoms with E-state index >= 15 is 0 Å². The van der Waals surface area contributed by atoms with Crippen molar-refractivity contribution in [3.8, 4) is 0 Å². The summed E-state index contributed by atoms with van der Waals surface area (Å²) < 4.78 is 1.69. The Morgan fingerprint density at radius 1 is 1.15 bits per heavy atom. The van der Waals surface area contributed by atoms with Crippen molar-refractivity contribution in [1.29, 1.82) is 0 Å². The third-order valence-electron chi connectivity index (χ3n) is 5.13. The summed E-state index contributed by atoms with van der Waals surface area (Å²) in [7, 11) is 0. The van der Waals surface area contributed by atoms with Gasteiger partial charge in [-0.05, 0) is 18.9 Å². The number of aliphatic hydroxyl groups is 2. The normalized spacial score (nSPS) is 27.0. The van der Waals surface area contributed by atoms with Gasteiger partial charge in [-0.1, -0.05) is 30.3 Å². The second kappa shape index (κ2) is 6.22. The quantitative estimate of drug-likeness (QED) is 0.791. The Morgan fingerprint density at radius 3 is 2.62 bits per heavy atom. The van der Waals surface area contributed by atoms with Gasteiger partial charge in [0.2, 0.25) is 0 Å². The summed E-state index contributed by atoms with van der Waals surface area (Å²) in [6.45, 7) is 2.20. The summed E-state index contributed by atoms with van der Waals surface area (Å²) in [4.78, 5) is 27.6. The zero-order chi connectivity index (χ0) is 18.4. The molecule has 2 N–H and O–H groups in total. The highest BCUT2D eigenvalue weighted by molar-refractivity contribution is 6.21. The summed E-state index contributed by atoms with van der Waals surface area (Å²) in [6.07, 6.45) is -0.334. The number of anilines is 1. The first-order chi connectivity index (χ1) is 12.5. The molecule has 4 atom stereocenters. The molecule has 2 fully saturated rings. The number of amides is 3. The summed E-state index contributed by atoms with van der Waals surface area (Å²) in [5, 5.41) is 24.3. The maximum Gasteiger partial charge on any atom is 0.333 e. The second-order valence-corrected chi connectivity index (χ2v) is 6.68. The predicted octanol–water partition coefficient (Wildman–Crippen LogP) is 0.755. The molecule has 3 amide bonds. The minimum Gasteiger partial charge on any atom is -0.390 e. The first-order valence-corrected chi connectivity index (χ1v) is 8.60. The number of hydrogen-bond acceptors (Lipinski definition) is 5. The Hall–Kier alpha value is -2.71. The van der Waals surface area contributed by atoms with Crippen molar-refractivity contribution in [3.05, 3.63) is 48.2 Å². The van der Waals surface area contributed by atoms with Crippen molar-refractivity contribution in [2.24, 2.45) is 0 Å². The number of hydrogen-bond donors (Lipinski definition) is 2. The van der Waals surface area contributed by atoms with Gasteiger partial charge in [0.1, 0.15) is 12.1 Å². The molecule has 136 valence electrons. The maximum absolute atomic E-state index is 12.7. The maximum atomic E-state index is 12.7. The number of imide groups is 1. The number of urea groups is 1. The molecule has 1 aromatic carbocycles. The molecule has 1 aromatic heterocycles. The fourth-order valence-electron chi connectivity index (χ4n) is 3.58. The van der Waals surface area contributed by atoms with Gasteiger partial charge < -0.3 is 15.1 Å². The number of carbonyl (C=O) groups is 2. The van der Waals surface area contributed by atoms with Gasteiger partial charge in [-0.15, -0.1) is 0 Å². The highest BCUT2D eigenvalue weighted by Gasteiger charge is 2.53. The minimum absolute atomic E-state index is 0.0623. The third-order valence-corrected chi connectivity index (χ3v) is 5.13. The molecule has 2 aliphatic rings. The first-order valence-electron chi connectivity index (χ1n) is 8.60. The summed E-state index contributed by atoms with van der Waals surface area (Å²) in [6, 6.07) is 9.76. The molecule has 2 aliphatic heterocycles. The van der Waals surface area contributed by atoms with Gasteiger partial charge in [0.25, 0.3) is 5.91 Å². The van der Waals surface area contributed by atoms with E-state index < -0.39 is 30.2 Å². The van der Waals surface area contributed by atoms with Crippen molar-refractivity contribution in [2.45, 2.75) is 37.6 Å². The van der Waals surface area contributed by atoms with Crippen LogP contribution in [-0.4, -0.2) is 61.6 Å². The molecule has 0 bridgehead atoms. The average molecular weight is 356 g/mol. The van der Waals surface area contributed by atoms with E-state index in [9.17, 15) is 19.8 Å². The number of piperidine rings is 1. The number of aromatic nitrogens is 2. The summed E-state index contributed by atoms with van der Waals surface area (Å²) in [5.41, 5.74) is 1.05. The molecule has 0 radical (unpaired) electrons. The van der Waals surface area contributed by atoms with Crippen LogP contribution in [-0.2, 0) is 4.79 Å². The van der Waals surface area contributed by atoms with E-state index in [1.807, 2.05) is 37.3 Å². The van der Waals surface area contributed by atoms with Gasteiger partial charge in [0.05, 0.1) is 12.1 Å². The van der Waals surface area contributed by atoms with Crippen LogP contribution in [0.15, 0.2) is 42.6 Å². The highest BCUT2D eigenvalue weighted by Crippen LogP contribution is 2.31. The fraction of sp³-hybridized carbons (Fsp3) is 0.389. The number of rotatable bonds is 3. The van der Waals surface area contributed by atoms with Crippen molar-refractivity contribution in [1.82, 2.24) is 14.7 Å². The molecule has 2 saturated heterocycles. The number of carbonyl (C=O) groups excluding carboxylic acids is 2. The van der Waals surface area contributed by atoms with Crippen molar-refractivity contribution >= 4 is 17.8 Å². The van der Waals surface area contributed by atoms with Crippen LogP contribution in [0.1, 0.15) is 24.9 Å². The number of fused-ring (bicyclic) bond motifs is 1. The molecular weight excluding hydrogens is 336 g/mol. The van der Waals surface area contributed by atoms with Crippen LogP contribution >= 0.6 is 0 Å². The van der Waals surface area contributed by atoms with Crippen LogP contribution in [0.4, 0.5) is 10.6 Å². The van der Waals surface area contributed by atoms with Crippen molar-refractivity contribution in [3.63, 3.8) is 0 Å². The Bertz CT molecular complexity index is 837. The predicted molar refractivity (Wildman–Crippen MR) is 92.5 cm³/mol. The van der Waals surface area contributed by atoms with E-state index in [0.717, 1.165) is 10.5 Å². The van der Waals surface area contributed by atoms with Gasteiger partial charge in [-0.25, -0.2) is 9.69 Å². The van der Waals surface area contributed by atoms with E-state index in [4.69, 9.17) is 0 Å². The topological polar surface area (TPSA) is 98.9 Å². The molecule has 26 heavy (non-hydrogen) atoms. The summed E-state index contributed by atoms with van der Waals surface area (Å²) >= 11 is 0. The molecule has 8 heteroatoms. The van der Waals surface area contributed by atoms with Gasteiger partial charge in [-0.2, -0.15) is 5.10 Å². The van der Waals surface area contributed by atoms with Crippen LogP contribution in [0.5, 0.6) is 0 Å². The van der Waals surface area contributed by atoms with Crippen LogP contribution in [0, 0.1) is 0 Å². The molecule has 8 nitrogen and oxygen atoms in total. The van der Waals surface area contributed by atoms with Gasteiger partial charge in [0, 0.05) is 18.8 Å². The molecule has 0 saturated carbocycles. The molecule has 3 heterocycles. The lowest BCUT2D eigenvalue weighted by molar-refractivity contribution is -0.129. The fourth-order valence-corrected chi connectivity index (χ4v) is 3.58. The Morgan fingerprint density at radius 2 is 1.88 bits per heavy atom. The van der Waals surface area contributed by atoms with E-state index in [1.54, 1.807) is 16.9 Å². The van der Waals surface area contributed by atoms with Gasteiger partial charge >= 0.3 is 6.03 Å². The zero-order valence-electron chi connectivity index (χ0n) is 14.3. The van der Waals surface area contributed by atoms with Gasteiger partial charge in [-0.3, -0.25) is 9.48 Å². The van der Waals surface area contributed by atoms with Crippen LogP contribution in [0.2, 0.25) is 0 Å². The monoisotopic (exact) mass is 356 g/mol. The minimum atomic E-state index is -1.28. The van der Waals surface area contributed by atoms with Gasteiger partial charge in [0.15, 0.2) is 5.82 Å². The van der Waals surface area contributed by atoms with E-state index in [1.165, 1.54) is 4.90 Å². The Kier molecular flexibility index (Phi) is 4.01. The van der Waals surface area contributed by atoms with Crippen molar-refractivity contribution in [2.75, 3.05) is 11.4 Å². The SMILES string of the molecule is CC(c1ccccc1)n1ccc(N2C(=O)[C@@H]3[C@H](O)[C@H](O)CCN3C2=O)n1. The summed E-state index contributed by atoms with van der Waals surface area (Å²) in [5.74, 6) is -0.335. The standard InChI is InChI=1S/C18H20N4O4/c1-11(12-5-3-2-4-6-12)21-10-8-14(19-21)22-17(25)15-16(24)13(23)7-9-20(15)18(22)26/h2-6,8,10-11,13,15-16,23-24H,7,9H2,1H3/t11?,13-,15+,16-/m1/s1. The van der Waals surface area contributed by atoms with Crippen LogP contribution in [0.25, 0.3) is 0 Å². The number of aliphatic hydroxyl groups excluding tert-OH is 2. The highest BCUT2D eigenvalue weighted by atomic mass is 16.3. The van der Waals surface area contributed by atoms with Crippen molar-refractivity contribution < 1.29 is 19.8 Å². The molecule has 1 unspecified atom stereocenters. The Labute approximate surface area is 150 Å². The molecule has 0 spiro atoms.